The molecule has 0 rings (SSSR count). The van der Waals surface area contributed by atoms with Gasteiger partial charge in [-0.3, -0.25) is 5.43 Å². The summed E-state index contributed by atoms with van der Waals surface area (Å²) in [5, 5.41) is 3.92. The SMILES string of the molecule is C=C(C)N/N=C(\CCC)C(=O)OCC. The molecule has 0 aliphatic carbocycles. The largest absolute Gasteiger partial charge is 0.461 e. The molecule has 14 heavy (non-hydrogen) atoms. The Kier molecular flexibility index (Phi) is 6.45. The molecule has 0 bridgehead atoms. The summed E-state index contributed by atoms with van der Waals surface area (Å²) in [5.74, 6) is -0.358. The van der Waals surface area contributed by atoms with Crippen molar-refractivity contribution >= 4 is 11.7 Å². The van der Waals surface area contributed by atoms with E-state index in [1.165, 1.54) is 0 Å². The molecule has 80 valence electrons. The van der Waals surface area contributed by atoms with E-state index in [4.69, 9.17) is 4.74 Å². The lowest BCUT2D eigenvalue weighted by Crippen LogP contribution is -2.20. The second-order valence-corrected chi connectivity index (χ2v) is 2.92. The summed E-state index contributed by atoms with van der Waals surface area (Å²) in [4.78, 5) is 11.3. The van der Waals surface area contributed by atoms with Crippen molar-refractivity contribution < 1.29 is 9.53 Å². The van der Waals surface area contributed by atoms with E-state index in [1.54, 1.807) is 13.8 Å². The Balaban J connectivity index is 4.33. The number of hydrogen-bond donors (Lipinski definition) is 1. The van der Waals surface area contributed by atoms with Crippen LogP contribution in [0.2, 0.25) is 0 Å². The third-order valence-corrected chi connectivity index (χ3v) is 1.38. The Labute approximate surface area is 85.0 Å². The topological polar surface area (TPSA) is 50.7 Å². The van der Waals surface area contributed by atoms with E-state index in [0.29, 0.717) is 24.4 Å². The molecule has 0 fully saturated rings. The summed E-state index contributed by atoms with van der Waals surface area (Å²) in [6.07, 6.45) is 1.47. The van der Waals surface area contributed by atoms with Crippen LogP contribution in [0.4, 0.5) is 0 Å². The minimum atomic E-state index is -0.358. The molecule has 0 heterocycles. The Morgan fingerprint density at radius 2 is 2.14 bits per heavy atom. The highest BCUT2D eigenvalue weighted by Crippen LogP contribution is 1.95. The van der Waals surface area contributed by atoms with Gasteiger partial charge in [-0.05, 0) is 20.3 Å². The minimum absolute atomic E-state index is 0.358. The van der Waals surface area contributed by atoms with Crippen LogP contribution in [0.5, 0.6) is 0 Å². The van der Waals surface area contributed by atoms with Crippen LogP contribution < -0.4 is 5.43 Å². The number of rotatable bonds is 6. The standard InChI is InChI=1S/C10H18N2O2/c1-5-7-9(10(13)14-6-2)12-11-8(3)4/h11H,3,5-7H2,1-2,4H3/b12-9+. The summed E-state index contributed by atoms with van der Waals surface area (Å²) >= 11 is 0. The average Bonchev–Trinajstić information content (AvgIpc) is 2.12. The fourth-order valence-corrected chi connectivity index (χ4v) is 0.818. The summed E-state index contributed by atoms with van der Waals surface area (Å²) in [7, 11) is 0. The minimum Gasteiger partial charge on any atom is -0.461 e. The lowest BCUT2D eigenvalue weighted by Gasteiger charge is -2.05. The first kappa shape index (κ1) is 12.7. The fraction of sp³-hybridized carbons (Fsp3) is 0.600. The molecule has 0 spiro atoms. The zero-order valence-electron chi connectivity index (χ0n) is 9.09. The normalized spacial score (nSPS) is 10.9. The van der Waals surface area contributed by atoms with Gasteiger partial charge in [-0.25, -0.2) is 4.79 Å². The average molecular weight is 198 g/mol. The monoisotopic (exact) mass is 198 g/mol. The first-order valence-electron chi connectivity index (χ1n) is 4.77. The molecule has 0 aliphatic heterocycles. The molecule has 0 saturated carbocycles. The molecule has 0 unspecified atom stereocenters. The van der Waals surface area contributed by atoms with Crippen molar-refractivity contribution in [2.75, 3.05) is 6.61 Å². The van der Waals surface area contributed by atoms with Gasteiger partial charge in [0.2, 0.25) is 0 Å². The van der Waals surface area contributed by atoms with Crippen molar-refractivity contribution in [2.45, 2.75) is 33.6 Å². The highest BCUT2D eigenvalue weighted by atomic mass is 16.5. The number of hydrogen-bond acceptors (Lipinski definition) is 4. The molecule has 0 aromatic carbocycles. The van der Waals surface area contributed by atoms with E-state index in [1.807, 2.05) is 6.92 Å². The third-order valence-electron chi connectivity index (χ3n) is 1.38. The number of nitrogens with one attached hydrogen (secondary N) is 1. The molecular formula is C10H18N2O2. The molecule has 4 heteroatoms. The molecule has 0 atom stereocenters. The Morgan fingerprint density at radius 3 is 2.57 bits per heavy atom. The van der Waals surface area contributed by atoms with Crippen molar-refractivity contribution in [3.8, 4) is 0 Å². The van der Waals surface area contributed by atoms with E-state index in [-0.39, 0.29) is 5.97 Å². The Hall–Kier alpha value is -1.32. The molecule has 0 aromatic rings. The van der Waals surface area contributed by atoms with Crippen LogP contribution in [0, 0.1) is 0 Å². The second-order valence-electron chi connectivity index (χ2n) is 2.92. The smallest absolute Gasteiger partial charge is 0.354 e. The van der Waals surface area contributed by atoms with Gasteiger partial charge in [0.1, 0.15) is 5.71 Å². The molecule has 0 amide bonds. The van der Waals surface area contributed by atoms with Crippen LogP contribution in [0.1, 0.15) is 33.6 Å². The fourth-order valence-electron chi connectivity index (χ4n) is 0.818. The maximum Gasteiger partial charge on any atom is 0.354 e. The predicted molar refractivity (Wildman–Crippen MR) is 56.9 cm³/mol. The second kappa shape index (κ2) is 7.12. The van der Waals surface area contributed by atoms with Crippen LogP contribution >= 0.6 is 0 Å². The molecular weight excluding hydrogens is 180 g/mol. The first-order chi connectivity index (χ1) is 6.61. The van der Waals surface area contributed by atoms with Crippen molar-refractivity contribution in [3.05, 3.63) is 12.3 Å². The molecule has 4 nitrogen and oxygen atoms in total. The van der Waals surface area contributed by atoms with E-state index < -0.39 is 0 Å². The number of hydrazone groups is 1. The highest BCUT2D eigenvalue weighted by molar-refractivity contribution is 6.36. The van der Waals surface area contributed by atoms with Crippen molar-refractivity contribution in [1.82, 2.24) is 5.43 Å². The lowest BCUT2D eigenvalue weighted by atomic mass is 10.2. The maximum atomic E-state index is 11.3. The molecule has 0 aromatic heterocycles. The number of carbonyl (C=O) groups is 1. The summed E-state index contributed by atoms with van der Waals surface area (Å²) in [5.41, 5.74) is 3.77. The van der Waals surface area contributed by atoms with Crippen LogP contribution in [0.15, 0.2) is 17.4 Å². The van der Waals surface area contributed by atoms with Gasteiger partial charge in [0.15, 0.2) is 0 Å². The number of esters is 1. The molecule has 0 saturated heterocycles. The van der Waals surface area contributed by atoms with Gasteiger partial charge in [0.25, 0.3) is 0 Å². The number of nitrogens with zero attached hydrogens (tertiary/aromatic N) is 1. The first-order valence-corrected chi connectivity index (χ1v) is 4.77. The van der Waals surface area contributed by atoms with E-state index in [2.05, 4.69) is 17.1 Å². The quantitative estimate of drug-likeness (QED) is 0.402. The lowest BCUT2D eigenvalue weighted by molar-refractivity contribution is -0.135. The molecule has 0 aliphatic rings. The third kappa shape index (κ3) is 5.35. The Bertz CT molecular complexity index is 234. The molecule has 0 radical (unpaired) electrons. The van der Waals surface area contributed by atoms with E-state index in [9.17, 15) is 4.79 Å². The van der Waals surface area contributed by atoms with Crippen LogP contribution in [-0.2, 0) is 9.53 Å². The number of ether oxygens (including phenoxy) is 1. The zero-order chi connectivity index (χ0) is 11.0. The number of carbonyl (C=O) groups excluding carboxylic acids is 1. The highest BCUT2D eigenvalue weighted by Gasteiger charge is 2.11. The van der Waals surface area contributed by atoms with E-state index in [0.717, 1.165) is 6.42 Å². The predicted octanol–water partition coefficient (Wildman–Crippen LogP) is 1.83. The van der Waals surface area contributed by atoms with Crippen LogP contribution in [0.3, 0.4) is 0 Å². The van der Waals surface area contributed by atoms with Gasteiger partial charge >= 0.3 is 5.97 Å². The van der Waals surface area contributed by atoms with Gasteiger partial charge < -0.3 is 4.74 Å². The van der Waals surface area contributed by atoms with Crippen molar-refractivity contribution in [1.29, 1.82) is 0 Å². The van der Waals surface area contributed by atoms with Gasteiger partial charge in [-0.15, -0.1) is 0 Å². The summed E-state index contributed by atoms with van der Waals surface area (Å²) in [6, 6.07) is 0. The maximum absolute atomic E-state index is 11.3. The molecule has 1 N–H and O–H groups in total. The van der Waals surface area contributed by atoms with Crippen molar-refractivity contribution in [2.24, 2.45) is 5.10 Å². The summed E-state index contributed by atoms with van der Waals surface area (Å²) < 4.78 is 4.85. The van der Waals surface area contributed by atoms with Crippen LogP contribution in [-0.4, -0.2) is 18.3 Å². The summed E-state index contributed by atoms with van der Waals surface area (Å²) in [6.45, 7) is 9.52. The van der Waals surface area contributed by atoms with Crippen molar-refractivity contribution in [3.63, 3.8) is 0 Å². The van der Waals surface area contributed by atoms with Gasteiger partial charge in [-0.1, -0.05) is 19.9 Å². The van der Waals surface area contributed by atoms with Crippen LogP contribution in [0.25, 0.3) is 0 Å². The van der Waals surface area contributed by atoms with Gasteiger partial charge in [0.05, 0.1) is 6.61 Å². The van der Waals surface area contributed by atoms with Gasteiger partial charge in [0, 0.05) is 5.70 Å². The zero-order valence-corrected chi connectivity index (χ0v) is 9.09. The van der Waals surface area contributed by atoms with E-state index >= 15 is 0 Å². The Morgan fingerprint density at radius 1 is 1.50 bits per heavy atom. The van der Waals surface area contributed by atoms with Gasteiger partial charge in [-0.2, -0.15) is 5.10 Å². The number of allylic oxidation sites excluding steroid dienone is 1.